The zero-order valence-corrected chi connectivity index (χ0v) is 20.4. The summed E-state index contributed by atoms with van der Waals surface area (Å²) in [6, 6.07) is 24.3. The van der Waals surface area contributed by atoms with E-state index in [1.54, 1.807) is 23.1 Å². The van der Waals surface area contributed by atoms with Crippen molar-refractivity contribution >= 4 is 28.3 Å². The van der Waals surface area contributed by atoms with E-state index in [9.17, 15) is 9.59 Å². The molecule has 0 aliphatic carbocycles. The molecule has 0 radical (unpaired) electrons. The summed E-state index contributed by atoms with van der Waals surface area (Å²) in [6.07, 6.45) is 0.105. The first kappa shape index (κ1) is 23.5. The van der Waals surface area contributed by atoms with Crippen LogP contribution in [-0.4, -0.2) is 40.2 Å². The van der Waals surface area contributed by atoms with Crippen LogP contribution in [0.5, 0.6) is 11.5 Å². The summed E-state index contributed by atoms with van der Waals surface area (Å²) in [6.45, 7) is 2.31. The predicted molar refractivity (Wildman–Crippen MR) is 137 cm³/mol. The van der Waals surface area contributed by atoms with E-state index in [1.165, 1.54) is 11.3 Å². The topological polar surface area (TPSA) is 93.7 Å². The Bertz CT molecular complexity index is 1360. The predicted octanol–water partition coefficient (Wildman–Crippen LogP) is 5.17. The van der Waals surface area contributed by atoms with Gasteiger partial charge in [-0.1, -0.05) is 72.0 Å². The SMILES string of the molecule is CC(c1ccccc1)N(CCC(=O)Nc1nnc(-c2ccccc2)s1)C(=O)c1ccc2c(c1)OCO2. The van der Waals surface area contributed by atoms with E-state index in [0.29, 0.717) is 22.2 Å². The maximum Gasteiger partial charge on any atom is 0.254 e. The smallest absolute Gasteiger partial charge is 0.254 e. The molecule has 1 unspecified atom stereocenters. The van der Waals surface area contributed by atoms with Gasteiger partial charge < -0.3 is 19.7 Å². The van der Waals surface area contributed by atoms with Crippen LogP contribution < -0.4 is 14.8 Å². The standard InChI is InChI=1S/C27H24N4O4S/c1-18(19-8-4-2-5-9-19)31(26(33)21-12-13-22-23(16-21)35-17-34-22)15-14-24(32)28-27-30-29-25(36-27)20-10-6-3-7-11-20/h2-13,16,18H,14-15,17H2,1H3,(H,28,30,32). The normalized spacial score (nSPS) is 12.7. The van der Waals surface area contributed by atoms with Gasteiger partial charge in [0.2, 0.25) is 17.8 Å². The number of amides is 2. The lowest BCUT2D eigenvalue weighted by Gasteiger charge is -2.29. The molecule has 2 amide bonds. The highest BCUT2D eigenvalue weighted by molar-refractivity contribution is 7.18. The van der Waals surface area contributed by atoms with Crippen LogP contribution in [0.15, 0.2) is 78.9 Å². The van der Waals surface area contributed by atoms with Crippen LogP contribution >= 0.6 is 11.3 Å². The molecule has 5 rings (SSSR count). The Hall–Kier alpha value is -4.24. The van der Waals surface area contributed by atoms with Gasteiger partial charge in [0, 0.05) is 24.1 Å². The van der Waals surface area contributed by atoms with E-state index in [4.69, 9.17) is 9.47 Å². The molecule has 0 fully saturated rings. The summed E-state index contributed by atoms with van der Waals surface area (Å²) < 4.78 is 10.8. The Morgan fingerprint density at radius 2 is 1.69 bits per heavy atom. The first-order valence-electron chi connectivity index (χ1n) is 11.5. The van der Waals surface area contributed by atoms with Gasteiger partial charge in [-0.05, 0) is 30.7 Å². The molecule has 1 aliphatic rings. The van der Waals surface area contributed by atoms with Crippen molar-refractivity contribution in [3.8, 4) is 22.1 Å². The van der Waals surface area contributed by atoms with E-state index in [0.717, 1.165) is 16.1 Å². The van der Waals surface area contributed by atoms with Crippen LogP contribution in [0.4, 0.5) is 5.13 Å². The van der Waals surface area contributed by atoms with Crippen molar-refractivity contribution in [1.82, 2.24) is 15.1 Å². The molecule has 0 saturated heterocycles. The monoisotopic (exact) mass is 500 g/mol. The minimum absolute atomic E-state index is 0.105. The molecule has 1 aromatic heterocycles. The van der Waals surface area contributed by atoms with Crippen molar-refractivity contribution in [3.63, 3.8) is 0 Å². The summed E-state index contributed by atoms with van der Waals surface area (Å²) in [5.41, 5.74) is 2.38. The van der Waals surface area contributed by atoms with Gasteiger partial charge in [0.05, 0.1) is 6.04 Å². The van der Waals surface area contributed by atoms with Gasteiger partial charge in [0.25, 0.3) is 5.91 Å². The summed E-state index contributed by atoms with van der Waals surface area (Å²) >= 11 is 1.31. The van der Waals surface area contributed by atoms with Crippen LogP contribution in [-0.2, 0) is 4.79 Å². The molecule has 1 atom stereocenters. The number of carbonyl (C=O) groups is 2. The van der Waals surface area contributed by atoms with Gasteiger partial charge in [-0.3, -0.25) is 9.59 Å². The zero-order chi connectivity index (χ0) is 24.9. The van der Waals surface area contributed by atoms with Gasteiger partial charge >= 0.3 is 0 Å². The molecule has 36 heavy (non-hydrogen) atoms. The second kappa shape index (κ2) is 10.6. The van der Waals surface area contributed by atoms with Crippen molar-refractivity contribution < 1.29 is 19.1 Å². The number of carbonyl (C=O) groups excluding carboxylic acids is 2. The van der Waals surface area contributed by atoms with Crippen molar-refractivity contribution in [1.29, 1.82) is 0 Å². The number of hydrogen-bond acceptors (Lipinski definition) is 7. The van der Waals surface area contributed by atoms with Gasteiger partial charge in [0.15, 0.2) is 11.5 Å². The molecule has 8 nitrogen and oxygen atoms in total. The molecule has 3 aromatic carbocycles. The number of nitrogens with zero attached hydrogens (tertiary/aromatic N) is 3. The third kappa shape index (κ3) is 5.21. The Balaban J connectivity index is 1.30. The molecule has 182 valence electrons. The lowest BCUT2D eigenvalue weighted by atomic mass is 10.0. The molecule has 0 bridgehead atoms. The van der Waals surface area contributed by atoms with E-state index < -0.39 is 0 Å². The molecule has 1 aliphatic heterocycles. The average molecular weight is 501 g/mol. The van der Waals surface area contributed by atoms with Crippen LogP contribution in [0.2, 0.25) is 0 Å². The first-order chi connectivity index (χ1) is 17.6. The Kier molecular flexibility index (Phi) is 6.90. The molecular weight excluding hydrogens is 476 g/mol. The number of benzene rings is 3. The minimum atomic E-state index is -0.247. The van der Waals surface area contributed by atoms with E-state index in [1.807, 2.05) is 67.6 Å². The average Bonchev–Trinajstić information content (AvgIpc) is 3.59. The molecule has 4 aromatic rings. The summed E-state index contributed by atoms with van der Waals surface area (Å²) in [5, 5.41) is 12.2. The lowest BCUT2D eigenvalue weighted by molar-refractivity contribution is -0.116. The number of fused-ring (bicyclic) bond motifs is 1. The van der Waals surface area contributed by atoms with Crippen molar-refractivity contribution in [3.05, 3.63) is 90.0 Å². The van der Waals surface area contributed by atoms with Crippen molar-refractivity contribution in [2.24, 2.45) is 0 Å². The third-order valence-electron chi connectivity index (χ3n) is 5.90. The Morgan fingerprint density at radius 3 is 2.47 bits per heavy atom. The second-order valence-corrected chi connectivity index (χ2v) is 9.21. The molecule has 1 N–H and O–H groups in total. The quantitative estimate of drug-likeness (QED) is 0.359. The molecule has 2 heterocycles. The number of rotatable bonds is 8. The number of anilines is 1. The molecule has 0 saturated carbocycles. The lowest BCUT2D eigenvalue weighted by Crippen LogP contribution is -2.36. The maximum absolute atomic E-state index is 13.6. The molecule has 9 heteroatoms. The highest BCUT2D eigenvalue weighted by Gasteiger charge is 2.25. The van der Waals surface area contributed by atoms with E-state index in [2.05, 4.69) is 15.5 Å². The van der Waals surface area contributed by atoms with Crippen LogP contribution in [0.25, 0.3) is 10.6 Å². The number of nitrogens with one attached hydrogen (secondary N) is 1. The minimum Gasteiger partial charge on any atom is -0.454 e. The molecule has 0 spiro atoms. The number of hydrogen-bond donors (Lipinski definition) is 1. The van der Waals surface area contributed by atoms with Crippen LogP contribution in [0, 0.1) is 0 Å². The number of ether oxygens (including phenoxy) is 2. The van der Waals surface area contributed by atoms with E-state index in [-0.39, 0.29) is 37.6 Å². The maximum atomic E-state index is 13.6. The Labute approximate surface area is 212 Å². The van der Waals surface area contributed by atoms with Crippen molar-refractivity contribution in [2.45, 2.75) is 19.4 Å². The second-order valence-electron chi connectivity index (χ2n) is 8.23. The van der Waals surface area contributed by atoms with Gasteiger partial charge in [0.1, 0.15) is 5.01 Å². The van der Waals surface area contributed by atoms with Gasteiger partial charge in [-0.15, -0.1) is 10.2 Å². The Morgan fingerprint density at radius 1 is 0.972 bits per heavy atom. The largest absolute Gasteiger partial charge is 0.454 e. The van der Waals surface area contributed by atoms with Gasteiger partial charge in [-0.25, -0.2) is 0 Å². The highest BCUT2D eigenvalue weighted by Crippen LogP contribution is 2.34. The number of aromatic nitrogens is 2. The molecular formula is C27H24N4O4S. The third-order valence-corrected chi connectivity index (χ3v) is 6.79. The fourth-order valence-electron chi connectivity index (χ4n) is 3.95. The summed E-state index contributed by atoms with van der Waals surface area (Å²) in [4.78, 5) is 28.1. The zero-order valence-electron chi connectivity index (χ0n) is 19.6. The highest BCUT2D eigenvalue weighted by atomic mass is 32.1. The van der Waals surface area contributed by atoms with Crippen molar-refractivity contribution in [2.75, 3.05) is 18.7 Å². The fourth-order valence-corrected chi connectivity index (χ4v) is 4.72. The summed E-state index contributed by atoms with van der Waals surface area (Å²) in [5.74, 6) is 0.714. The van der Waals surface area contributed by atoms with Crippen LogP contribution in [0.3, 0.4) is 0 Å². The van der Waals surface area contributed by atoms with E-state index >= 15 is 0 Å². The first-order valence-corrected chi connectivity index (χ1v) is 12.3. The fraction of sp³-hybridized carbons (Fsp3) is 0.185. The van der Waals surface area contributed by atoms with Crippen LogP contribution in [0.1, 0.15) is 35.3 Å². The van der Waals surface area contributed by atoms with Gasteiger partial charge in [-0.2, -0.15) is 0 Å². The summed E-state index contributed by atoms with van der Waals surface area (Å²) in [7, 11) is 0.